The second-order valence-corrected chi connectivity index (χ2v) is 5.85. The highest BCUT2D eigenvalue weighted by Gasteiger charge is 2.14. The fourth-order valence-corrected chi connectivity index (χ4v) is 2.33. The third-order valence-corrected chi connectivity index (χ3v) is 3.84. The Morgan fingerprint density at radius 2 is 1.90 bits per heavy atom. The first kappa shape index (κ1) is 15.8. The summed E-state index contributed by atoms with van der Waals surface area (Å²) in [7, 11) is 1.23. The van der Waals surface area contributed by atoms with Gasteiger partial charge in [-0.2, -0.15) is 0 Å². The Balaban J connectivity index is 2.19. The number of rotatable bonds is 4. The lowest BCUT2D eigenvalue weighted by Gasteiger charge is -2.16. The van der Waals surface area contributed by atoms with Crippen LogP contribution < -0.4 is 5.32 Å². The Bertz CT molecular complexity index is 643. The van der Waals surface area contributed by atoms with E-state index in [2.05, 4.69) is 32.6 Å². The number of anilines is 1. The van der Waals surface area contributed by atoms with Crippen molar-refractivity contribution >= 4 is 34.2 Å². The monoisotopic (exact) mass is 399 g/mol. The highest BCUT2D eigenvalue weighted by molar-refractivity contribution is 14.1. The van der Waals surface area contributed by atoms with Crippen molar-refractivity contribution in [2.24, 2.45) is 0 Å². The molecule has 0 saturated heterocycles. The highest BCUT2D eigenvalue weighted by Crippen LogP contribution is 2.22. The maximum absolute atomic E-state index is 13.6. The standard InChI is InChI=1S/C16H15FINO2/c1-10(11-3-5-12(18)6-4-11)19-13-7-8-15(17)14(9-13)16(20)21-2/h3-10,19H,1-2H3. The van der Waals surface area contributed by atoms with Gasteiger partial charge in [-0.3, -0.25) is 0 Å². The van der Waals surface area contributed by atoms with Gasteiger partial charge in [0.1, 0.15) is 5.82 Å². The molecule has 1 atom stereocenters. The number of hydrogen-bond donors (Lipinski definition) is 1. The number of halogens is 2. The van der Waals surface area contributed by atoms with Gasteiger partial charge >= 0.3 is 5.97 Å². The molecule has 0 bridgehead atoms. The summed E-state index contributed by atoms with van der Waals surface area (Å²) >= 11 is 2.25. The fourth-order valence-electron chi connectivity index (χ4n) is 1.97. The highest BCUT2D eigenvalue weighted by atomic mass is 127. The smallest absolute Gasteiger partial charge is 0.340 e. The van der Waals surface area contributed by atoms with E-state index in [-0.39, 0.29) is 11.6 Å². The van der Waals surface area contributed by atoms with Crippen LogP contribution in [0.1, 0.15) is 28.9 Å². The van der Waals surface area contributed by atoms with Gasteiger partial charge in [-0.05, 0) is 65.4 Å². The van der Waals surface area contributed by atoms with Crippen molar-refractivity contribution in [3.63, 3.8) is 0 Å². The van der Waals surface area contributed by atoms with E-state index in [1.54, 1.807) is 6.07 Å². The Labute approximate surface area is 136 Å². The molecule has 2 rings (SSSR count). The van der Waals surface area contributed by atoms with Crippen LogP contribution >= 0.6 is 22.6 Å². The molecule has 0 heterocycles. The number of carbonyl (C=O) groups is 1. The third kappa shape index (κ3) is 3.93. The normalized spacial score (nSPS) is 11.8. The van der Waals surface area contributed by atoms with Crippen LogP contribution in [-0.2, 0) is 4.74 Å². The number of methoxy groups -OCH3 is 1. The van der Waals surface area contributed by atoms with Gasteiger partial charge in [0.2, 0.25) is 0 Å². The van der Waals surface area contributed by atoms with Gasteiger partial charge < -0.3 is 10.1 Å². The van der Waals surface area contributed by atoms with Crippen molar-refractivity contribution in [2.75, 3.05) is 12.4 Å². The van der Waals surface area contributed by atoms with E-state index in [0.717, 1.165) is 5.56 Å². The lowest BCUT2D eigenvalue weighted by atomic mass is 10.1. The van der Waals surface area contributed by atoms with E-state index in [9.17, 15) is 9.18 Å². The lowest BCUT2D eigenvalue weighted by molar-refractivity contribution is 0.0595. The minimum Gasteiger partial charge on any atom is -0.465 e. The average Bonchev–Trinajstić information content (AvgIpc) is 2.49. The van der Waals surface area contributed by atoms with Gasteiger partial charge in [0.25, 0.3) is 0 Å². The topological polar surface area (TPSA) is 38.3 Å². The molecule has 21 heavy (non-hydrogen) atoms. The number of hydrogen-bond acceptors (Lipinski definition) is 3. The molecule has 1 unspecified atom stereocenters. The van der Waals surface area contributed by atoms with Crippen LogP contribution in [0, 0.1) is 9.39 Å². The second kappa shape index (κ2) is 6.89. The van der Waals surface area contributed by atoms with Crippen LogP contribution in [0.25, 0.3) is 0 Å². The summed E-state index contributed by atoms with van der Waals surface area (Å²) in [5.74, 6) is -1.27. The average molecular weight is 399 g/mol. The van der Waals surface area contributed by atoms with E-state index in [4.69, 9.17) is 0 Å². The van der Waals surface area contributed by atoms with Crippen molar-refractivity contribution in [3.05, 3.63) is 63.0 Å². The summed E-state index contributed by atoms with van der Waals surface area (Å²) in [6.07, 6.45) is 0. The molecule has 0 aliphatic carbocycles. The quantitative estimate of drug-likeness (QED) is 0.612. The van der Waals surface area contributed by atoms with Crippen molar-refractivity contribution in [2.45, 2.75) is 13.0 Å². The Hall–Kier alpha value is -1.63. The number of ether oxygens (including phenoxy) is 1. The zero-order valence-electron chi connectivity index (χ0n) is 11.7. The van der Waals surface area contributed by atoms with E-state index in [0.29, 0.717) is 5.69 Å². The number of nitrogens with one attached hydrogen (secondary N) is 1. The van der Waals surface area contributed by atoms with Crippen molar-refractivity contribution in [1.82, 2.24) is 0 Å². The second-order valence-electron chi connectivity index (χ2n) is 4.60. The van der Waals surface area contributed by atoms with Crippen LogP contribution in [0.3, 0.4) is 0 Å². The molecule has 1 N–H and O–H groups in total. The molecule has 0 saturated carbocycles. The van der Waals surface area contributed by atoms with Crippen molar-refractivity contribution < 1.29 is 13.9 Å². The van der Waals surface area contributed by atoms with Crippen LogP contribution in [0.4, 0.5) is 10.1 Å². The van der Waals surface area contributed by atoms with E-state index in [1.165, 1.54) is 22.8 Å². The molecule has 0 radical (unpaired) electrons. The molecule has 0 spiro atoms. The molecule has 110 valence electrons. The molecule has 0 aromatic heterocycles. The maximum Gasteiger partial charge on any atom is 0.340 e. The van der Waals surface area contributed by atoms with Crippen LogP contribution in [-0.4, -0.2) is 13.1 Å². The molecule has 0 fully saturated rings. The maximum atomic E-state index is 13.6. The summed E-state index contributed by atoms with van der Waals surface area (Å²) < 4.78 is 19.3. The third-order valence-electron chi connectivity index (χ3n) is 3.12. The molecule has 0 aliphatic heterocycles. The Morgan fingerprint density at radius 1 is 1.24 bits per heavy atom. The zero-order valence-corrected chi connectivity index (χ0v) is 13.8. The molecule has 0 amide bonds. The first-order chi connectivity index (χ1) is 10.0. The minimum atomic E-state index is -0.682. The summed E-state index contributed by atoms with van der Waals surface area (Å²) in [4.78, 5) is 11.5. The number of esters is 1. The summed E-state index contributed by atoms with van der Waals surface area (Å²) in [6, 6.07) is 12.5. The van der Waals surface area contributed by atoms with Crippen LogP contribution in [0.5, 0.6) is 0 Å². The lowest BCUT2D eigenvalue weighted by Crippen LogP contribution is -2.09. The molecule has 5 heteroatoms. The first-order valence-electron chi connectivity index (χ1n) is 6.41. The molecule has 0 aliphatic rings. The summed E-state index contributed by atoms with van der Waals surface area (Å²) in [5.41, 5.74) is 1.71. The van der Waals surface area contributed by atoms with Crippen molar-refractivity contribution in [1.29, 1.82) is 0 Å². The Morgan fingerprint density at radius 3 is 2.52 bits per heavy atom. The fraction of sp³-hybridized carbons (Fsp3) is 0.188. The minimum absolute atomic E-state index is 0.0398. The Kier molecular flexibility index (Phi) is 5.17. The van der Waals surface area contributed by atoms with Crippen LogP contribution in [0.2, 0.25) is 0 Å². The van der Waals surface area contributed by atoms with Gasteiger partial charge in [-0.25, -0.2) is 9.18 Å². The predicted molar refractivity (Wildman–Crippen MR) is 88.9 cm³/mol. The van der Waals surface area contributed by atoms with Gasteiger partial charge in [0.15, 0.2) is 0 Å². The van der Waals surface area contributed by atoms with E-state index >= 15 is 0 Å². The van der Waals surface area contributed by atoms with Gasteiger partial charge in [-0.15, -0.1) is 0 Å². The van der Waals surface area contributed by atoms with Gasteiger partial charge in [0, 0.05) is 15.3 Å². The van der Waals surface area contributed by atoms with E-state index < -0.39 is 11.8 Å². The van der Waals surface area contributed by atoms with Crippen LogP contribution in [0.15, 0.2) is 42.5 Å². The van der Waals surface area contributed by atoms with Gasteiger partial charge in [-0.1, -0.05) is 12.1 Å². The molecular weight excluding hydrogens is 384 g/mol. The summed E-state index contributed by atoms with van der Waals surface area (Å²) in [6.45, 7) is 2.00. The molecule has 2 aromatic carbocycles. The van der Waals surface area contributed by atoms with Crippen molar-refractivity contribution in [3.8, 4) is 0 Å². The predicted octanol–water partition coefficient (Wildman–Crippen LogP) is 4.39. The SMILES string of the molecule is COC(=O)c1cc(NC(C)c2ccc(I)cc2)ccc1F. The molecular formula is C16H15FINO2. The molecule has 3 nitrogen and oxygen atoms in total. The zero-order chi connectivity index (χ0) is 15.4. The molecule has 2 aromatic rings. The van der Waals surface area contributed by atoms with E-state index in [1.807, 2.05) is 31.2 Å². The summed E-state index contributed by atoms with van der Waals surface area (Å²) in [5, 5.41) is 3.25. The van der Waals surface area contributed by atoms with Gasteiger partial charge in [0.05, 0.1) is 12.7 Å². The number of carbonyl (C=O) groups excluding carboxylic acids is 1. The largest absolute Gasteiger partial charge is 0.465 e. The number of benzene rings is 2. The first-order valence-corrected chi connectivity index (χ1v) is 7.49.